The molecule has 2 heterocycles. The topological polar surface area (TPSA) is 86.7 Å². The highest BCUT2D eigenvalue weighted by Gasteiger charge is 2.30. The summed E-state index contributed by atoms with van der Waals surface area (Å²) in [5.41, 5.74) is 5.10. The van der Waals surface area contributed by atoms with Gasteiger partial charge in [0, 0.05) is 38.3 Å². The molecule has 9 heteroatoms. The summed E-state index contributed by atoms with van der Waals surface area (Å²) in [7, 11) is -3.79. The number of aromatic nitrogens is 2. The molecule has 1 saturated heterocycles. The zero-order valence-electron chi connectivity index (χ0n) is 25.1. The van der Waals surface area contributed by atoms with Crippen molar-refractivity contribution >= 4 is 21.7 Å². The Labute approximate surface area is 255 Å². The minimum absolute atomic E-state index is 0.166. The Morgan fingerprint density at radius 2 is 1.42 bits per heavy atom. The first-order chi connectivity index (χ1) is 20.7. The van der Waals surface area contributed by atoms with E-state index in [9.17, 15) is 13.2 Å². The summed E-state index contributed by atoms with van der Waals surface area (Å²) in [6.07, 6.45) is 0.679. The predicted octanol–water partition coefficient (Wildman–Crippen LogP) is 5.50. The molecule has 43 heavy (non-hydrogen) atoms. The third kappa shape index (κ3) is 7.47. The number of hydrogen-bond donors (Lipinski definition) is 0. The van der Waals surface area contributed by atoms with Gasteiger partial charge in [0.1, 0.15) is 0 Å². The summed E-state index contributed by atoms with van der Waals surface area (Å²) in [5, 5.41) is 8.95. The third-order valence-corrected chi connectivity index (χ3v) is 9.68. The van der Waals surface area contributed by atoms with E-state index in [1.165, 1.54) is 9.87 Å². The minimum Gasteiger partial charge on any atom is -0.352 e. The zero-order chi connectivity index (χ0) is 30.4. The molecular formula is C34H39N5O3S. The largest absolute Gasteiger partial charge is 0.352 e. The molecule has 1 amide bonds. The van der Waals surface area contributed by atoms with E-state index in [0.717, 1.165) is 28.2 Å². The van der Waals surface area contributed by atoms with E-state index >= 15 is 0 Å². The van der Waals surface area contributed by atoms with Crippen LogP contribution in [0.3, 0.4) is 0 Å². The van der Waals surface area contributed by atoms with Gasteiger partial charge in [-0.2, -0.15) is 4.31 Å². The van der Waals surface area contributed by atoms with Crippen LogP contribution in [0.1, 0.15) is 25.8 Å². The number of rotatable bonds is 10. The van der Waals surface area contributed by atoms with E-state index in [1.54, 1.807) is 29.2 Å². The second-order valence-corrected chi connectivity index (χ2v) is 13.4. The van der Waals surface area contributed by atoms with Crippen LogP contribution in [0, 0.1) is 12.8 Å². The van der Waals surface area contributed by atoms with E-state index in [2.05, 4.69) is 65.3 Å². The number of carbonyl (C=O) groups is 1. The fourth-order valence-corrected chi connectivity index (χ4v) is 6.50. The lowest BCUT2D eigenvalue weighted by molar-refractivity contribution is -0.131. The van der Waals surface area contributed by atoms with Crippen LogP contribution in [-0.4, -0.2) is 73.0 Å². The van der Waals surface area contributed by atoms with Gasteiger partial charge in [-0.3, -0.25) is 4.79 Å². The molecular weight excluding hydrogens is 558 g/mol. The van der Waals surface area contributed by atoms with Gasteiger partial charge in [-0.1, -0.05) is 86.1 Å². The summed E-state index contributed by atoms with van der Waals surface area (Å²) < 4.78 is 28.2. The van der Waals surface area contributed by atoms with Crippen LogP contribution in [0.5, 0.6) is 0 Å². The van der Waals surface area contributed by atoms with Crippen molar-refractivity contribution in [1.29, 1.82) is 0 Å². The summed E-state index contributed by atoms with van der Waals surface area (Å²) in [6, 6.07) is 29.3. The number of benzene rings is 3. The Balaban J connectivity index is 1.19. The van der Waals surface area contributed by atoms with Gasteiger partial charge in [0.25, 0.3) is 0 Å². The highest BCUT2D eigenvalue weighted by molar-refractivity contribution is 7.89. The molecule has 0 unspecified atom stereocenters. The maximum atomic E-state index is 13.5. The average molecular weight is 598 g/mol. The molecule has 4 aromatic rings. The molecule has 0 N–H and O–H groups in total. The molecule has 0 saturated carbocycles. The Morgan fingerprint density at radius 1 is 0.791 bits per heavy atom. The molecule has 5 rings (SSSR count). The first-order valence-electron chi connectivity index (χ1n) is 14.8. The fourth-order valence-electron chi connectivity index (χ4n) is 5.09. The van der Waals surface area contributed by atoms with Crippen molar-refractivity contribution in [1.82, 2.24) is 19.4 Å². The van der Waals surface area contributed by atoms with E-state index in [1.807, 2.05) is 37.3 Å². The molecule has 0 radical (unpaired) electrons. The maximum Gasteiger partial charge on any atom is 0.243 e. The SMILES string of the molecule is Cc1ccc(S(=O)(=O)N(CCC(C)C)CC(=O)N2CCN(c3ccc(-c4ccc(-c5ccccc5)cc4)nn3)CC2)cc1. The van der Waals surface area contributed by atoms with Gasteiger partial charge in [0.2, 0.25) is 15.9 Å². The van der Waals surface area contributed by atoms with E-state index in [0.29, 0.717) is 45.1 Å². The van der Waals surface area contributed by atoms with Crippen LogP contribution >= 0.6 is 0 Å². The zero-order valence-corrected chi connectivity index (χ0v) is 25.9. The Bertz CT molecular complexity index is 1600. The first-order valence-corrected chi connectivity index (χ1v) is 16.2. The van der Waals surface area contributed by atoms with Crippen molar-refractivity contribution in [2.75, 3.05) is 44.2 Å². The van der Waals surface area contributed by atoms with Crippen LogP contribution in [0.15, 0.2) is 95.9 Å². The molecule has 8 nitrogen and oxygen atoms in total. The van der Waals surface area contributed by atoms with Crippen molar-refractivity contribution in [2.24, 2.45) is 5.92 Å². The number of carbonyl (C=O) groups excluding carboxylic acids is 1. The normalized spacial score (nSPS) is 14.0. The summed E-state index contributed by atoms with van der Waals surface area (Å²) in [5.74, 6) is 0.896. The van der Waals surface area contributed by atoms with Gasteiger partial charge >= 0.3 is 0 Å². The number of nitrogens with zero attached hydrogens (tertiary/aromatic N) is 5. The van der Waals surface area contributed by atoms with Crippen LogP contribution in [0.2, 0.25) is 0 Å². The second-order valence-electron chi connectivity index (χ2n) is 11.4. The van der Waals surface area contributed by atoms with Crippen molar-refractivity contribution in [3.05, 3.63) is 96.6 Å². The molecule has 224 valence electrons. The van der Waals surface area contributed by atoms with E-state index in [-0.39, 0.29) is 17.3 Å². The van der Waals surface area contributed by atoms with Crippen LogP contribution < -0.4 is 4.90 Å². The number of hydrogen-bond acceptors (Lipinski definition) is 6. The molecule has 0 spiro atoms. The molecule has 1 aliphatic rings. The predicted molar refractivity (Wildman–Crippen MR) is 171 cm³/mol. The van der Waals surface area contributed by atoms with Crippen LogP contribution in [0.4, 0.5) is 5.82 Å². The second kappa shape index (κ2) is 13.5. The maximum absolute atomic E-state index is 13.5. The Kier molecular flexibility index (Phi) is 9.52. The van der Waals surface area contributed by atoms with E-state index in [4.69, 9.17) is 0 Å². The standard InChI is InChI=1S/C34H39N5O3S/c1-26(2)19-20-39(43(41,42)31-15-9-27(3)10-16-31)25-34(40)38-23-21-37(22-24-38)33-18-17-32(35-36-33)30-13-11-29(12-14-30)28-7-5-4-6-8-28/h4-18,26H,19-25H2,1-3H3. The number of amides is 1. The summed E-state index contributed by atoms with van der Waals surface area (Å²) in [4.78, 5) is 17.4. The molecule has 0 aliphatic carbocycles. The third-order valence-electron chi connectivity index (χ3n) is 7.82. The summed E-state index contributed by atoms with van der Waals surface area (Å²) >= 11 is 0. The molecule has 0 atom stereocenters. The Morgan fingerprint density at radius 3 is 2.02 bits per heavy atom. The van der Waals surface area contributed by atoms with E-state index < -0.39 is 10.0 Å². The summed E-state index contributed by atoms with van der Waals surface area (Å²) in [6.45, 7) is 8.34. The molecule has 1 fully saturated rings. The molecule has 1 aromatic heterocycles. The number of sulfonamides is 1. The van der Waals surface area contributed by atoms with Crippen LogP contribution in [0.25, 0.3) is 22.4 Å². The lowest BCUT2D eigenvalue weighted by Gasteiger charge is -2.36. The number of aryl methyl sites for hydroxylation is 1. The highest BCUT2D eigenvalue weighted by Crippen LogP contribution is 2.25. The van der Waals surface area contributed by atoms with Crippen molar-refractivity contribution in [3.63, 3.8) is 0 Å². The van der Waals surface area contributed by atoms with Crippen molar-refractivity contribution in [3.8, 4) is 22.4 Å². The monoisotopic (exact) mass is 597 g/mol. The number of anilines is 1. The van der Waals surface area contributed by atoms with Gasteiger partial charge in [0.05, 0.1) is 17.1 Å². The van der Waals surface area contributed by atoms with Gasteiger partial charge < -0.3 is 9.80 Å². The quantitative estimate of drug-likeness (QED) is 0.240. The smallest absolute Gasteiger partial charge is 0.243 e. The molecule has 3 aromatic carbocycles. The molecule has 1 aliphatic heterocycles. The van der Waals surface area contributed by atoms with Gasteiger partial charge in [-0.25, -0.2) is 8.42 Å². The van der Waals surface area contributed by atoms with Gasteiger partial charge in [0.15, 0.2) is 5.82 Å². The lowest BCUT2D eigenvalue weighted by atomic mass is 10.0. The minimum atomic E-state index is -3.79. The van der Waals surface area contributed by atoms with Gasteiger partial charge in [-0.05, 0) is 54.7 Å². The van der Waals surface area contributed by atoms with Gasteiger partial charge in [-0.15, -0.1) is 10.2 Å². The van der Waals surface area contributed by atoms with Crippen LogP contribution in [-0.2, 0) is 14.8 Å². The van der Waals surface area contributed by atoms with Crippen molar-refractivity contribution < 1.29 is 13.2 Å². The lowest BCUT2D eigenvalue weighted by Crippen LogP contribution is -2.52. The fraction of sp³-hybridized carbons (Fsp3) is 0.324. The molecule has 0 bridgehead atoms. The highest BCUT2D eigenvalue weighted by atomic mass is 32.2. The number of piperazine rings is 1. The first kappa shape index (κ1) is 30.4. The average Bonchev–Trinajstić information content (AvgIpc) is 3.03. The van der Waals surface area contributed by atoms with Crippen molar-refractivity contribution in [2.45, 2.75) is 32.1 Å². The Hall–Kier alpha value is -4.08.